The molecule has 0 radical (unpaired) electrons. The highest BCUT2D eigenvalue weighted by Crippen LogP contribution is 2.16. The molecule has 0 aliphatic carbocycles. The van der Waals surface area contributed by atoms with E-state index in [0.29, 0.717) is 38.2 Å². The summed E-state index contributed by atoms with van der Waals surface area (Å²) in [4.78, 5) is 40.0. The van der Waals surface area contributed by atoms with E-state index in [-0.39, 0.29) is 17.5 Å². The van der Waals surface area contributed by atoms with Crippen LogP contribution in [0.5, 0.6) is 0 Å². The number of hydrogen-bond acceptors (Lipinski definition) is 3. The number of nitrogens with zero attached hydrogens (tertiary/aromatic N) is 4. The van der Waals surface area contributed by atoms with Crippen LogP contribution in [0.15, 0.2) is 23.0 Å². The third-order valence-electron chi connectivity index (χ3n) is 4.74. The third kappa shape index (κ3) is 2.60. The Morgan fingerprint density at radius 2 is 1.54 bits per heavy atom. The number of aryl methyl sites for hydroxylation is 2. The van der Waals surface area contributed by atoms with Crippen LogP contribution in [-0.2, 0) is 18.9 Å². The molecule has 3 rings (SSSR count). The highest BCUT2D eigenvalue weighted by Gasteiger charge is 2.24. The van der Waals surface area contributed by atoms with E-state index >= 15 is 0 Å². The second-order valence-corrected chi connectivity index (χ2v) is 6.13. The standard InChI is InChI=1S/C17H22N4O3/c1-4-15(22)20-7-9-21(10-8-20)16(23)12-5-6-13-14(11-12)19(3)17(24)18(13)2/h5-6,11H,4,7-10H2,1-3H3. The number of rotatable bonds is 2. The second-order valence-electron chi connectivity index (χ2n) is 6.13. The third-order valence-corrected chi connectivity index (χ3v) is 4.74. The summed E-state index contributed by atoms with van der Waals surface area (Å²) < 4.78 is 3.11. The number of carbonyl (C=O) groups is 2. The van der Waals surface area contributed by atoms with Crippen molar-refractivity contribution < 1.29 is 9.59 Å². The number of piperazine rings is 1. The molecule has 2 heterocycles. The van der Waals surface area contributed by atoms with E-state index in [2.05, 4.69) is 0 Å². The lowest BCUT2D eigenvalue weighted by molar-refractivity contribution is -0.132. The van der Waals surface area contributed by atoms with Gasteiger partial charge in [0.1, 0.15) is 0 Å². The van der Waals surface area contributed by atoms with Crippen molar-refractivity contribution in [2.45, 2.75) is 13.3 Å². The first-order chi connectivity index (χ1) is 11.4. The summed E-state index contributed by atoms with van der Waals surface area (Å²) in [6, 6.07) is 5.33. The molecule has 1 aliphatic rings. The zero-order valence-electron chi connectivity index (χ0n) is 14.3. The van der Waals surface area contributed by atoms with Crippen LogP contribution in [0.1, 0.15) is 23.7 Å². The van der Waals surface area contributed by atoms with Crippen molar-refractivity contribution in [3.05, 3.63) is 34.2 Å². The lowest BCUT2D eigenvalue weighted by Gasteiger charge is -2.34. The minimum absolute atomic E-state index is 0.0585. The molecule has 0 atom stereocenters. The van der Waals surface area contributed by atoms with E-state index in [1.54, 1.807) is 51.2 Å². The lowest BCUT2D eigenvalue weighted by atomic mass is 10.1. The maximum absolute atomic E-state index is 12.7. The van der Waals surface area contributed by atoms with E-state index in [9.17, 15) is 14.4 Å². The summed E-state index contributed by atoms with van der Waals surface area (Å²) in [5.74, 6) is 0.0691. The first kappa shape index (κ1) is 16.3. The van der Waals surface area contributed by atoms with Gasteiger partial charge in [-0.25, -0.2) is 4.79 Å². The Hall–Kier alpha value is -2.57. The Kier molecular flexibility index (Phi) is 4.17. The van der Waals surface area contributed by atoms with Crippen LogP contribution >= 0.6 is 0 Å². The van der Waals surface area contributed by atoms with Gasteiger partial charge in [0.25, 0.3) is 5.91 Å². The van der Waals surface area contributed by atoms with Gasteiger partial charge in [-0.1, -0.05) is 6.92 Å². The predicted molar refractivity (Wildman–Crippen MR) is 90.9 cm³/mol. The van der Waals surface area contributed by atoms with Gasteiger partial charge < -0.3 is 9.80 Å². The number of benzene rings is 1. The van der Waals surface area contributed by atoms with E-state index in [0.717, 1.165) is 11.0 Å². The quantitative estimate of drug-likeness (QED) is 0.808. The van der Waals surface area contributed by atoms with Crippen molar-refractivity contribution in [3.8, 4) is 0 Å². The monoisotopic (exact) mass is 330 g/mol. The second kappa shape index (κ2) is 6.14. The fourth-order valence-corrected chi connectivity index (χ4v) is 3.20. The molecule has 24 heavy (non-hydrogen) atoms. The van der Waals surface area contributed by atoms with E-state index in [1.807, 2.05) is 6.92 Å². The fraction of sp³-hybridized carbons (Fsp3) is 0.471. The van der Waals surface area contributed by atoms with Gasteiger partial charge >= 0.3 is 5.69 Å². The van der Waals surface area contributed by atoms with Crippen LogP contribution in [0.25, 0.3) is 11.0 Å². The number of hydrogen-bond donors (Lipinski definition) is 0. The summed E-state index contributed by atoms with van der Waals surface area (Å²) in [7, 11) is 3.42. The number of aromatic nitrogens is 2. The molecule has 7 heteroatoms. The van der Waals surface area contributed by atoms with Crippen LogP contribution in [0.4, 0.5) is 0 Å². The zero-order valence-corrected chi connectivity index (χ0v) is 14.3. The molecule has 1 aromatic carbocycles. The van der Waals surface area contributed by atoms with Crippen molar-refractivity contribution >= 4 is 22.8 Å². The normalized spacial score (nSPS) is 15.1. The van der Waals surface area contributed by atoms with Crippen LogP contribution in [0.3, 0.4) is 0 Å². The summed E-state index contributed by atoms with van der Waals surface area (Å²) in [6.07, 6.45) is 0.493. The Morgan fingerprint density at radius 1 is 0.958 bits per heavy atom. The molecule has 0 spiro atoms. The highest BCUT2D eigenvalue weighted by atomic mass is 16.2. The number of imidazole rings is 1. The Morgan fingerprint density at radius 3 is 2.17 bits per heavy atom. The topological polar surface area (TPSA) is 67.6 Å². The van der Waals surface area contributed by atoms with Crippen LogP contribution in [-0.4, -0.2) is 56.9 Å². The van der Waals surface area contributed by atoms with Crippen molar-refractivity contribution in [2.24, 2.45) is 14.1 Å². The molecule has 1 fully saturated rings. The van der Waals surface area contributed by atoms with Crippen molar-refractivity contribution in [3.63, 3.8) is 0 Å². The molecular weight excluding hydrogens is 308 g/mol. The molecule has 7 nitrogen and oxygen atoms in total. The molecule has 128 valence electrons. The first-order valence-corrected chi connectivity index (χ1v) is 8.16. The van der Waals surface area contributed by atoms with Crippen molar-refractivity contribution in [2.75, 3.05) is 26.2 Å². The minimum Gasteiger partial charge on any atom is -0.339 e. The Balaban J connectivity index is 1.81. The average Bonchev–Trinajstić information content (AvgIpc) is 2.84. The fourth-order valence-electron chi connectivity index (χ4n) is 3.20. The van der Waals surface area contributed by atoms with Gasteiger partial charge in [-0.2, -0.15) is 0 Å². The largest absolute Gasteiger partial charge is 0.339 e. The van der Waals surface area contributed by atoms with Crippen LogP contribution < -0.4 is 5.69 Å². The van der Waals surface area contributed by atoms with Crippen molar-refractivity contribution in [1.29, 1.82) is 0 Å². The van der Waals surface area contributed by atoms with Gasteiger partial charge in [-0.05, 0) is 18.2 Å². The number of carbonyl (C=O) groups excluding carboxylic acids is 2. The van der Waals surface area contributed by atoms with Crippen LogP contribution in [0.2, 0.25) is 0 Å². The van der Waals surface area contributed by atoms with Gasteiger partial charge in [0.15, 0.2) is 0 Å². The molecule has 0 saturated carbocycles. The molecule has 2 aromatic rings. The average molecular weight is 330 g/mol. The molecule has 1 saturated heterocycles. The summed E-state index contributed by atoms with van der Waals surface area (Å²) in [5, 5.41) is 0. The van der Waals surface area contributed by atoms with E-state index in [4.69, 9.17) is 0 Å². The SMILES string of the molecule is CCC(=O)N1CCN(C(=O)c2ccc3c(c2)n(C)c(=O)n3C)CC1. The lowest BCUT2D eigenvalue weighted by Crippen LogP contribution is -2.50. The first-order valence-electron chi connectivity index (χ1n) is 8.16. The molecule has 1 aliphatic heterocycles. The molecular formula is C17H22N4O3. The molecule has 0 bridgehead atoms. The Labute approximate surface area is 140 Å². The minimum atomic E-state index is -0.110. The Bertz CT molecular complexity index is 857. The van der Waals surface area contributed by atoms with E-state index < -0.39 is 0 Å². The number of amides is 2. The van der Waals surface area contributed by atoms with Crippen molar-refractivity contribution in [1.82, 2.24) is 18.9 Å². The summed E-state index contributed by atoms with van der Waals surface area (Å²) >= 11 is 0. The molecule has 1 aromatic heterocycles. The summed E-state index contributed by atoms with van der Waals surface area (Å²) in [6.45, 7) is 4.07. The van der Waals surface area contributed by atoms with Gasteiger partial charge in [0.2, 0.25) is 5.91 Å². The highest BCUT2D eigenvalue weighted by molar-refractivity contribution is 5.97. The smallest absolute Gasteiger partial charge is 0.328 e. The maximum Gasteiger partial charge on any atom is 0.328 e. The van der Waals surface area contributed by atoms with Gasteiger partial charge in [-0.3, -0.25) is 18.7 Å². The predicted octanol–water partition coefficient (Wildman–Crippen LogP) is 0.571. The maximum atomic E-state index is 12.7. The summed E-state index contributed by atoms with van der Waals surface area (Å²) in [5.41, 5.74) is 2.01. The molecule has 0 N–H and O–H groups in total. The molecule has 2 amide bonds. The molecule has 0 unspecified atom stereocenters. The van der Waals surface area contributed by atoms with Crippen LogP contribution in [0, 0.1) is 0 Å². The zero-order chi connectivity index (χ0) is 17.4. The van der Waals surface area contributed by atoms with Gasteiger partial charge in [-0.15, -0.1) is 0 Å². The van der Waals surface area contributed by atoms with Gasteiger partial charge in [0.05, 0.1) is 11.0 Å². The number of fused-ring (bicyclic) bond motifs is 1. The van der Waals surface area contributed by atoms with E-state index in [1.165, 1.54) is 0 Å². The van der Waals surface area contributed by atoms with Gasteiger partial charge in [0, 0.05) is 52.3 Å².